The fourth-order valence-corrected chi connectivity index (χ4v) is 3.56. The van der Waals surface area contributed by atoms with E-state index in [-0.39, 0.29) is 0 Å². The van der Waals surface area contributed by atoms with Gasteiger partial charge in [-0.15, -0.1) is 11.3 Å². The van der Waals surface area contributed by atoms with Crippen molar-refractivity contribution < 1.29 is 0 Å². The number of thiazole rings is 1. The molecule has 1 aliphatic carbocycles. The van der Waals surface area contributed by atoms with Gasteiger partial charge in [-0.1, -0.05) is 0 Å². The Morgan fingerprint density at radius 1 is 1.20 bits per heavy atom. The lowest BCUT2D eigenvalue weighted by Crippen LogP contribution is -2.08. The van der Waals surface area contributed by atoms with Crippen molar-refractivity contribution in [3.8, 4) is 0 Å². The average molecular weight is 288 g/mol. The second-order valence-electron chi connectivity index (χ2n) is 5.32. The van der Waals surface area contributed by atoms with Gasteiger partial charge in [-0.25, -0.2) is 15.0 Å². The number of aromatic nitrogens is 3. The molecule has 0 bridgehead atoms. The Morgan fingerprint density at radius 3 is 2.85 bits per heavy atom. The first-order chi connectivity index (χ1) is 9.72. The van der Waals surface area contributed by atoms with Crippen LogP contribution in [0.3, 0.4) is 0 Å². The molecule has 1 N–H and O–H groups in total. The zero-order chi connectivity index (χ0) is 13.9. The van der Waals surface area contributed by atoms with Gasteiger partial charge in [0, 0.05) is 29.7 Å². The molecule has 2 heterocycles. The minimum Gasteiger partial charge on any atom is -0.354 e. The molecular weight excluding hydrogens is 268 g/mol. The van der Waals surface area contributed by atoms with Crippen LogP contribution in [0.1, 0.15) is 39.7 Å². The van der Waals surface area contributed by atoms with Gasteiger partial charge in [0.15, 0.2) is 0 Å². The summed E-state index contributed by atoms with van der Waals surface area (Å²) in [6.07, 6.45) is 7.83. The molecule has 4 nitrogen and oxygen atoms in total. The van der Waals surface area contributed by atoms with Crippen LogP contribution in [0.5, 0.6) is 0 Å². The normalized spacial score (nSPS) is 14.1. The second kappa shape index (κ2) is 5.87. The predicted octanol–water partition coefficient (Wildman–Crippen LogP) is 3.08. The van der Waals surface area contributed by atoms with Gasteiger partial charge in [0.05, 0.1) is 10.7 Å². The number of fused-ring (bicyclic) bond motifs is 1. The Bertz CT molecular complexity index is 582. The van der Waals surface area contributed by atoms with E-state index >= 15 is 0 Å². The fourth-order valence-electron chi connectivity index (χ4n) is 2.41. The summed E-state index contributed by atoms with van der Waals surface area (Å²) in [5.74, 6) is 0.717. The SMILES string of the molecule is Cc1cnc(NCCc2nc3c(s2)CCCC3)nc1C. The summed E-state index contributed by atoms with van der Waals surface area (Å²) < 4.78 is 0. The number of nitrogens with one attached hydrogen (secondary N) is 1. The van der Waals surface area contributed by atoms with E-state index in [9.17, 15) is 0 Å². The van der Waals surface area contributed by atoms with Gasteiger partial charge in [-0.3, -0.25) is 0 Å². The third-order valence-electron chi connectivity index (χ3n) is 3.74. The molecule has 0 unspecified atom stereocenters. The van der Waals surface area contributed by atoms with E-state index in [1.165, 1.54) is 41.3 Å². The number of anilines is 1. The molecule has 0 aromatic carbocycles. The van der Waals surface area contributed by atoms with Gasteiger partial charge in [-0.05, 0) is 45.1 Å². The van der Waals surface area contributed by atoms with E-state index in [0.29, 0.717) is 0 Å². The van der Waals surface area contributed by atoms with Gasteiger partial charge in [0.1, 0.15) is 0 Å². The van der Waals surface area contributed by atoms with E-state index in [1.54, 1.807) is 0 Å². The molecule has 0 atom stereocenters. The van der Waals surface area contributed by atoms with Crippen LogP contribution in [0.4, 0.5) is 5.95 Å². The van der Waals surface area contributed by atoms with Crippen molar-refractivity contribution in [1.82, 2.24) is 15.0 Å². The van der Waals surface area contributed by atoms with Crippen LogP contribution in [0.2, 0.25) is 0 Å². The van der Waals surface area contributed by atoms with Crippen molar-refractivity contribution in [1.29, 1.82) is 0 Å². The molecule has 0 saturated carbocycles. The van der Waals surface area contributed by atoms with Crippen LogP contribution < -0.4 is 5.32 Å². The van der Waals surface area contributed by atoms with Crippen LogP contribution >= 0.6 is 11.3 Å². The molecular formula is C15H20N4S. The lowest BCUT2D eigenvalue weighted by Gasteiger charge is -2.06. The highest BCUT2D eigenvalue weighted by molar-refractivity contribution is 7.11. The quantitative estimate of drug-likeness (QED) is 0.939. The zero-order valence-electron chi connectivity index (χ0n) is 12.1. The van der Waals surface area contributed by atoms with E-state index in [1.807, 2.05) is 31.4 Å². The van der Waals surface area contributed by atoms with Gasteiger partial charge in [0.25, 0.3) is 0 Å². The lowest BCUT2D eigenvalue weighted by molar-refractivity contribution is 0.680. The van der Waals surface area contributed by atoms with Crippen LogP contribution in [-0.2, 0) is 19.3 Å². The van der Waals surface area contributed by atoms with Gasteiger partial charge in [-0.2, -0.15) is 0 Å². The van der Waals surface area contributed by atoms with Crippen molar-refractivity contribution >= 4 is 17.3 Å². The van der Waals surface area contributed by atoms with Gasteiger partial charge < -0.3 is 5.32 Å². The van der Waals surface area contributed by atoms with Crippen molar-refractivity contribution in [3.63, 3.8) is 0 Å². The Labute approximate surface area is 123 Å². The van der Waals surface area contributed by atoms with Crippen LogP contribution in [0, 0.1) is 13.8 Å². The number of hydrogen-bond donors (Lipinski definition) is 1. The highest BCUT2D eigenvalue weighted by Crippen LogP contribution is 2.26. The van der Waals surface area contributed by atoms with E-state index in [2.05, 4.69) is 15.3 Å². The highest BCUT2D eigenvalue weighted by Gasteiger charge is 2.14. The molecule has 0 radical (unpaired) electrons. The third-order valence-corrected chi connectivity index (χ3v) is 4.95. The number of nitrogens with zero attached hydrogens (tertiary/aromatic N) is 3. The first kappa shape index (κ1) is 13.5. The molecule has 0 fully saturated rings. The van der Waals surface area contributed by atoms with E-state index < -0.39 is 0 Å². The third kappa shape index (κ3) is 2.98. The maximum absolute atomic E-state index is 4.75. The van der Waals surface area contributed by atoms with Gasteiger partial charge >= 0.3 is 0 Å². The lowest BCUT2D eigenvalue weighted by atomic mass is 10.0. The summed E-state index contributed by atoms with van der Waals surface area (Å²) in [6.45, 7) is 4.88. The Balaban J connectivity index is 1.57. The maximum atomic E-state index is 4.75. The summed E-state index contributed by atoms with van der Waals surface area (Å²) >= 11 is 1.88. The Morgan fingerprint density at radius 2 is 2.05 bits per heavy atom. The van der Waals surface area contributed by atoms with E-state index in [4.69, 9.17) is 4.98 Å². The van der Waals surface area contributed by atoms with Crippen LogP contribution in [0.15, 0.2) is 6.20 Å². The number of hydrogen-bond acceptors (Lipinski definition) is 5. The molecule has 0 amide bonds. The van der Waals surface area contributed by atoms with Gasteiger partial charge in [0.2, 0.25) is 5.95 Å². The topological polar surface area (TPSA) is 50.7 Å². The number of aryl methyl sites for hydroxylation is 4. The molecule has 20 heavy (non-hydrogen) atoms. The minimum atomic E-state index is 0.717. The first-order valence-electron chi connectivity index (χ1n) is 7.24. The first-order valence-corrected chi connectivity index (χ1v) is 8.05. The van der Waals surface area contributed by atoms with Crippen LogP contribution in [-0.4, -0.2) is 21.5 Å². The monoisotopic (exact) mass is 288 g/mol. The molecule has 2 aromatic rings. The maximum Gasteiger partial charge on any atom is 0.222 e. The zero-order valence-corrected chi connectivity index (χ0v) is 12.9. The van der Waals surface area contributed by atoms with Crippen molar-refractivity contribution in [2.24, 2.45) is 0 Å². The van der Waals surface area contributed by atoms with E-state index in [0.717, 1.165) is 30.2 Å². The molecule has 0 spiro atoms. The fraction of sp³-hybridized carbons (Fsp3) is 0.533. The molecule has 3 rings (SSSR count). The van der Waals surface area contributed by atoms with Crippen molar-refractivity contribution in [2.75, 3.05) is 11.9 Å². The second-order valence-corrected chi connectivity index (χ2v) is 6.49. The summed E-state index contributed by atoms with van der Waals surface area (Å²) in [4.78, 5) is 15.0. The molecule has 0 aliphatic heterocycles. The molecule has 0 saturated heterocycles. The summed E-state index contributed by atoms with van der Waals surface area (Å²) in [6, 6.07) is 0. The predicted molar refractivity (Wildman–Crippen MR) is 82.5 cm³/mol. The molecule has 1 aliphatic rings. The molecule has 5 heteroatoms. The molecule has 2 aromatic heterocycles. The Hall–Kier alpha value is -1.49. The van der Waals surface area contributed by atoms with Crippen LogP contribution in [0.25, 0.3) is 0 Å². The summed E-state index contributed by atoms with van der Waals surface area (Å²) in [5, 5.41) is 4.53. The standard InChI is InChI=1S/C15H20N4S/c1-10-9-17-15(18-11(10)2)16-8-7-14-19-12-5-3-4-6-13(12)20-14/h9H,3-8H2,1-2H3,(H,16,17,18). The Kier molecular flexibility index (Phi) is 3.96. The van der Waals surface area contributed by atoms with Crippen molar-refractivity contribution in [3.05, 3.63) is 33.0 Å². The minimum absolute atomic E-state index is 0.717. The average Bonchev–Trinajstić information content (AvgIpc) is 2.85. The largest absolute Gasteiger partial charge is 0.354 e. The molecule has 106 valence electrons. The number of rotatable bonds is 4. The summed E-state index contributed by atoms with van der Waals surface area (Å²) in [7, 11) is 0. The summed E-state index contributed by atoms with van der Waals surface area (Å²) in [5.41, 5.74) is 3.51. The van der Waals surface area contributed by atoms with Crippen molar-refractivity contribution in [2.45, 2.75) is 46.0 Å². The highest BCUT2D eigenvalue weighted by atomic mass is 32.1. The smallest absolute Gasteiger partial charge is 0.222 e.